The molecule has 0 amide bonds. The second-order valence-corrected chi connectivity index (χ2v) is 15.9. The smallest absolute Gasteiger partial charge is 0.164 e. The Labute approximate surface area is 290 Å². The predicted octanol–water partition coefficient (Wildman–Crippen LogP) is 10.4. The number of benzene rings is 2. The van der Waals surface area contributed by atoms with Crippen LogP contribution in [-0.4, -0.2) is 20.9 Å². The van der Waals surface area contributed by atoms with E-state index in [2.05, 4.69) is 89.3 Å². The van der Waals surface area contributed by atoms with Gasteiger partial charge in [0, 0.05) is 66.4 Å². The summed E-state index contributed by atoms with van der Waals surface area (Å²) in [6.45, 7) is 22.5. The third-order valence-corrected chi connectivity index (χ3v) is 8.27. The Morgan fingerprint density at radius 1 is 0.913 bits per heavy atom. The van der Waals surface area contributed by atoms with Crippen molar-refractivity contribution < 1.29 is 30.0 Å². The van der Waals surface area contributed by atoms with Gasteiger partial charge in [0.1, 0.15) is 5.76 Å². The first kappa shape index (κ1) is 37.3. The maximum absolute atomic E-state index is 11.5. The fraction of sp³-hybridized carbons (Fsp3) is 0.439. The van der Waals surface area contributed by atoms with E-state index >= 15 is 0 Å². The molecular weight excluding hydrogens is 745 g/mol. The number of hydrogen-bond donors (Lipinski definition) is 1. The molecule has 0 aliphatic heterocycles. The normalized spacial score (nSPS) is 13.3. The molecule has 0 saturated carbocycles. The van der Waals surface area contributed by atoms with Gasteiger partial charge in [-0.05, 0) is 59.4 Å². The number of allylic oxidation sites excluding steroid dienone is 2. The van der Waals surface area contributed by atoms with Gasteiger partial charge < -0.3 is 5.11 Å². The molecule has 0 spiro atoms. The van der Waals surface area contributed by atoms with E-state index < -0.39 is 5.41 Å². The van der Waals surface area contributed by atoms with Crippen LogP contribution in [0, 0.1) is 22.8 Å². The van der Waals surface area contributed by atoms with E-state index in [-0.39, 0.29) is 42.5 Å². The monoisotopic (exact) mass is 796 g/mol. The summed E-state index contributed by atoms with van der Waals surface area (Å²) in [5.74, 6) is 0.722. The Hall–Kier alpha value is -3.14. The maximum Gasteiger partial charge on any atom is 0.164 e. The number of fused-ring (bicyclic) bond motifs is 4. The molecule has 1 radical (unpaired) electrons. The number of carbonyl (C=O) groups excluding carboxylic acids is 1. The van der Waals surface area contributed by atoms with Crippen molar-refractivity contribution in [3.8, 4) is 22.4 Å². The molecule has 247 valence electrons. The van der Waals surface area contributed by atoms with Gasteiger partial charge in [-0.25, -0.2) is 0 Å². The number of pyridine rings is 2. The van der Waals surface area contributed by atoms with Crippen LogP contribution in [0.1, 0.15) is 98.5 Å². The zero-order valence-electron chi connectivity index (χ0n) is 29.6. The largest absolute Gasteiger partial charge is 0.512 e. The van der Waals surface area contributed by atoms with Crippen molar-refractivity contribution >= 4 is 16.6 Å². The van der Waals surface area contributed by atoms with E-state index in [9.17, 15) is 9.90 Å². The van der Waals surface area contributed by atoms with Gasteiger partial charge in [-0.3, -0.25) is 14.8 Å². The average molecular weight is 796 g/mol. The van der Waals surface area contributed by atoms with Crippen LogP contribution in [0.3, 0.4) is 0 Å². The number of nitrogens with zero attached hydrogens (tertiary/aromatic N) is 2. The first-order valence-electron chi connectivity index (χ1n) is 16.2. The quantitative estimate of drug-likeness (QED) is 0.127. The predicted molar refractivity (Wildman–Crippen MR) is 189 cm³/mol. The summed E-state index contributed by atoms with van der Waals surface area (Å²) in [7, 11) is 0. The number of carbonyl (C=O) groups is 1. The van der Waals surface area contributed by atoms with E-state index in [1.54, 1.807) is 0 Å². The topological polar surface area (TPSA) is 63.1 Å². The molecule has 0 fully saturated rings. The van der Waals surface area contributed by atoms with Gasteiger partial charge in [-0.1, -0.05) is 105 Å². The molecule has 1 aliphatic rings. The van der Waals surface area contributed by atoms with E-state index in [1.807, 2.05) is 47.7 Å². The van der Waals surface area contributed by atoms with Gasteiger partial charge in [0.25, 0.3) is 0 Å². The fourth-order valence-electron chi connectivity index (χ4n) is 5.55. The second-order valence-electron chi connectivity index (χ2n) is 15.9. The van der Waals surface area contributed by atoms with Gasteiger partial charge in [-0.2, -0.15) is 0 Å². The zero-order valence-corrected chi connectivity index (χ0v) is 32.0. The molecule has 0 bridgehead atoms. The SMILES string of the molecule is CC(C)(C)C(=O)/C=C(\O)C(C)(C)C.CC(C)Cc1cc2c(cn1)-c1ccnc(-c3[c-]c4ccccc4c(C(C)(C)C)c3)c1CC2.[Ir]. The molecule has 2 aromatic heterocycles. The van der Waals surface area contributed by atoms with Crippen LogP contribution in [0.15, 0.2) is 66.7 Å². The third-order valence-electron chi connectivity index (χ3n) is 8.27. The molecule has 1 aliphatic carbocycles. The Morgan fingerprint density at radius 2 is 1.59 bits per heavy atom. The third kappa shape index (κ3) is 8.81. The Morgan fingerprint density at radius 3 is 2.20 bits per heavy atom. The van der Waals surface area contributed by atoms with Crippen LogP contribution in [0.2, 0.25) is 0 Å². The van der Waals surface area contributed by atoms with E-state index in [0.717, 1.165) is 35.9 Å². The first-order valence-corrected chi connectivity index (χ1v) is 16.2. The number of aromatic nitrogens is 2. The Balaban J connectivity index is 0.000000352. The summed E-state index contributed by atoms with van der Waals surface area (Å²) < 4.78 is 0. The van der Waals surface area contributed by atoms with Gasteiger partial charge in [0.15, 0.2) is 5.78 Å². The molecule has 46 heavy (non-hydrogen) atoms. The standard InChI is InChI=1S/C30H31N2.C11H20O2.Ir/c1-19(2)14-23-16-21-10-11-26-25(27(21)18-32-23)12-13-31-29(26)22-15-20-8-6-7-9-24(20)28(17-22)30(3,4)5;1-10(2,3)8(12)7-9(13)11(4,5)6;/h6-9,12-13,16-19H,10-11,14H2,1-5H3;7,12H,1-6H3;/q-1;;/b;8-7-;. The van der Waals surface area contributed by atoms with Crippen molar-refractivity contribution in [2.24, 2.45) is 16.7 Å². The Bertz CT molecular complexity index is 1730. The molecule has 4 nitrogen and oxygen atoms in total. The van der Waals surface area contributed by atoms with Gasteiger partial charge >= 0.3 is 0 Å². The second kappa shape index (κ2) is 14.3. The summed E-state index contributed by atoms with van der Waals surface area (Å²) in [6, 6.07) is 19.1. The van der Waals surface area contributed by atoms with Crippen LogP contribution in [0.4, 0.5) is 0 Å². The van der Waals surface area contributed by atoms with Gasteiger partial charge in [0.05, 0.1) is 0 Å². The minimum absolute atomic E-state index is 0. The Kier molecular flexibility index (Phi) is 11.6. The van der Waals surface area contributed by atoms with Crippen LogP contribution in [0.5, 0.6) is 0 Å². The molecule has 5 heteroatoms. The molecule has 0 atom stereocenters. The number of hydrogen-bond acceptors (Lipinski definition) is 4. The molecule has 2 aromatic carbocycles. The minimum Gasteiger partial charge on any atom is -0.512 e. The molecule has 0 unspecified atom stereocenters. The number of rotatable bonds is 4. The molecule has 1 N–H and O–H groups in total. The van der Waals surface area contributed by atoms with Crippen LogP contribution in [-0.2, 0) is 49.6 Å². The van der Waals surface area contributed by atoms with Gasteiger partial charge in [-0.15, -0.1) is 29.1 Å². The fourth-order valence-corrected chi connectivity index (χ4v) is 5.55. The van der Waals surface area contributed by atoms with Crippen molar-refractivity contribution in [2.45, 2.75) is 101 Å². The van der Waals surface area contributed by atoms with Crippen molar-refractivity contribution in [2.75, 3.05) is 0 Å². The van der Waals surface area contributed by atoms with Crippen molar-refractivity contribution in [1.29, 1.82) is 0 Å². The van der Waals surface area contributed by atoms with Crippen LogP contribution >= 0.6 is 0 Å². The molecular formula is C41H51IrN2O2-. The molecule has 2 heterocycles. The van der Waals surface area contributed by atoms with Crippen molar-refractivity contribution in [1.82, 2.24) is 9.97 Å². The molecule has 0 saturated heterocycles. The summed E-state index contributed by atoms with van der Waals surface area (Å²) in [4.78, 5) is 21.1. The van der Waals surface area contributed by atoms with Crippen molar-refractivity contribution in [3.05, 3.63) is 95.1 Å². The minimum atomic E-state index is -0.417. The maximum atomic E-state index is 11.5. The molecule has 5 rings (SSSR count). The van der Waals surface area contributed by atoms with E-state index in [1.165, 1.54) is 45.0 Å². The zero-order chi connectivity index (χ0) is 33.3. The molecule has 4 aromatic rings. The number of aryl methyl sites for hydroxylation is 1. The van der Waals surface area contributed by atoms with E-state index in [4.69, 9.17) is 9.97 Å². The first-order chi connectivity index (χ1) is 20.9. The van der Waals surface area contributed by atoms with Crippen LogP contribution < -0.4 is 0 Å². The van der Waals surface area contributed by atoms with Crippen LogP contribution in [0.25, 0.3) is 33.2 Å². The average Bonchev–Trinajstić information content (AvgIpc) is 2.94. The number of ketones is 1. The number of aliphatic hydroxyl groups excluding tert-OH is 1. The summed E-state index contributed by atoms with van der Waals surface area (Å²) in [6.07, 6.45) is 8.43. The van der Waals surface area contributed by atoms with Crippen molar-refractivity contribution in [3.63, 3.8) is 0 Å². The number of aliphatic hydroxyl groups is 1. The van der Waals surface area contributed by atoms with E-state index in [0.29, 0.717) is 5.92 Å². The van der Waals surface area contributed by atoms with Gasteiger partial charge in [0.2, 0.25) is 0 Å². The summed E-state index contributed by atoms with van der Waals surface area (Å²) >= 11 is 0. The summed E-state index contributed by atoms with van der Waals surface area (Å²) in [5.41, 5.74) is 9.27. The summed E-state index contributed by atoms with van der Waals surface area (Å²) in [5, 5.41) is 12.0.